The van der Waals surface area contributed by atoms with Crippen LogP contribution in [0.15, 0.2) is 24.7 Å². The Morgan fingerprint density at radius 2 is 1.93 bits per heavy atom. The van der Waals surface area contributed by atoms with E-state index in [9.17, 15) is 27.8 Å². The summed E-state index contributed by atoms with van der Waals surface area (Å²) in [7, 11) is -16.5. The van der Waals surface area contributed by atoms with Gasteiger partial charge in [0.05, 0.1) is 12.7 Å². The number of alkyl halides is 1. The Morgan fingerprint density at radius 3 is 2.48 bits per heavy atom. The van der Waals surface area contributed by atoms with E-state index in [0.717, 1.165) is 6.08 Å². The van der Waals surface area contributed by atoms with Crippen molar-refractivity contribution in [2.24, 2.45) is 0 Å². The first-order valence-electron chi connectivity index (χ1n) is 7.59. The van der Waals surface area contributed by atoms with Crippen molar-refractivity contribution in [3.63, 3.8) is 0 Å². The lowest BCUT2D eigenvalue weighted by atomic mass is 10.0. The SMILES string of the molecule is C=C1NC(=O)C=CN1[C@@H]1O[C@H](COP(=O)(O)OP(=O)(O)OP(=O)(O)O)C[C@@]1(C)F. The van der Waals surface area contributed by atoms with Crippen LogP contribution in [0.5, 0.6) is 0 Å². The van der Waals surface area contributed by atoms with Crippen LogP contribution in [0.4, 0.5) is 4.39 Å². The first kappa shape index (κ1) is 24.3. The minimum Gasteiger partial charge on any atom is -0.349 e. The number of nitrogens with one attached hydrogen (secondary N) is 1. The molecule has 2 rings (SSSR count). The summed E-state index contributed by atoms with van der Waals surface area (Å²) in [4.78, 5) is 47.9. The van der Waals surface area contributed by atoms with Gasteiger partial charge in [-0.2, -0.15) is 8.62 Å². The quantitative estimate of drug-likeness (QED) is 0.301. The molecule has 0 spiro atoms. The molecule has 2 aliphatic rings. The van der Waals surface area contributed by atoms with Crippen LogP contribution in [0.1, 0.15) is 13.3 Å². The number of phosphoric ester groups is 1. The fraction of sp³-hybridized carbons (Fsp3) is 0.545. The zero-order valence-corrected chi connectivity index (χ0v) is 17.3. The van der Waals surface area contributed by atoms with E-state index in [1.54, 1.807) is 0 Å². The lowest BCUT2D eigenvalue weighted by molar-refractivity contribution is -0.119. The van der Waals surface area contributed by atoms with Crippen LogP contribution in [0.3, 0.4) is 0 Å². The van der Waals surface area contributed by atoms with Crippen molar-refractivity contribution >= 4 is 29.4 Å². The predicted octanol–water partition coefficient (Wildman–Crippen LogP) is 0.590. The van der Waals surface area contributed by atoms with Crippen LogP contribution >= 0.6 is 23.5 Å². The second kappa shape index (κ2) is 8.29. The van der Waals surface area contributed by atoms with E-state index in [0.29, 0.717) is 0 Å². The molecule has 5 N–H and O–H groups in total. The van der Waals surface area contributed by atoms with Gasteiger partial charge < -0.3 is 34.5 Å². The molecule has 0 saturated carbocycles. The molecule has 14 nitrogen and oxygen atoms in total. The van der Waals surface area contributed by atoms with Crippen molar-refractivity contribution in [1.29, 1.82) is 0 Å². The third-order valence-corrected chi connectivity index (χ3v) is 7.32. The molecular weight excluding hydrogens is 464 g/mol. The number of amides is 1. The third kappa shape index (κ3) is 7.06. The van der Waals surface area contributed by atoms with Gasteiger partial charge >= 0.3 is 23.5 Å². The monoisotopic (exact) mass is 482 g/mol. The number of rotatable bonds is 8. The summed E-state index contributed by atoms with van der Waals surface area (Å²) in [5, 5.41) is 2.35. The summed E-state index contributed by atoms with van der Waals surface area (Å²) in [5.41, 5.74) is -2.03. The van der Waals surface area contributed by atoms with E-state index in [1.165, 1.54) is 18.0 Å². The summed E-state index contributed by atoms with van der Waals surface area (Å²) in [5.74, 6) is -0.450. The second-order valence-electron chi connectivity index (χ2n) is 6.14. The number of carbonyl (C=O) groups is 1. The summed E-state index contributed by atoms with van der Waals surface area (Å²) in [6.07, 6.45) is -0.444. The molecule has 2 heterocycles. The molecule has 5 atom stereocenters. The molecule has 0 aromatic carbocycles. The normalized spacial score (nSPS) is 32.0. The molecule has 2 unspecified atom stereocenters. The zero-order chi connectivity index (χ0) is 22.3. The van der Waals surface area contributed by atoms with Gasteiger partial charge in [-0.05, 0) is 6.92 Å². The van der Waals surface area contributed by atoms with E-state index in [-0.39, 0.29) is 12.2 Å². The van der Waals surface area contributed by atoms with Crippen LogP contribution in [0.2, 0.25) is 0 Å². The van der Waals surface area contributed by atoms with Crippen molar-refractivity contribution < 1.29 is 60.3 Å². The average Bonchev–Trinajstić information content (AvgIpc) is 2.76. The Bertz CT molecular complexity index is 856. The smallest absolute Gasteiger partial charge is 0.349 e. The second-order valence-corrected chi connectivity index (χ2v) is 10.6. The molecular formula is C11H18FN2O12P3. The highest BCUT2D eigenvalue weighted by Gasteiger charge is 2.50. The highest BCUT2D eigenvalue weighted by atomic mass is 31.3. The molecule has 1 fully saturated rings. The maximum atomic E-state index is 14.9. The Kier molecular flexibility index (Phi) is 6.95. The highest BCUT2D eigenvalue weighted by Crippen LogP contribution is 2.66. The molecule has 0 radical (unpaired) electrons. The zero-order valence-electron chi connectivity index (χ0n) is 14.7. The maximum absolute atomic E-state index is 14.9. The molecule has 1 saturated heterocycles. The molecule has 0 aromatic rings. The molecule has 2 aliphatic heterocycles. The number of ether oxygens (including phenoxy) is 1. The van der Waals surface area contributed by atoms with Crippen molar-refractivity contribution in [2.75, 3.05) is 6.61 Å². The molecule has 0 aliphatic carbocycles. The van der Waals surface area contributed by atoms with Gasteiger partial charge in [0, 0.05) is 18.7 Å². The molecule has 166 valence electrons. The van der Waals surface area contributed by atoms with Crippen molar-refractivity contribution in [3.05, 3.63) is 24.7 Å². The maximum Gasteiger partial charge on any atom is 0.490 e. The topological polar surface area (TPSA) is 201 Å². The summed E-state index contributed by atoms with van der Waals surface area (Å²) >= 11 is 0. The fourth-order valence-electron chi connectivity index (χ4n) is 2.56. The number of phosphoric acid groups is 3. The lowest BCUT2D eigenvalue weighted by Gasteiger charge is -2.35. The Hall–Kier alpha value is -0.950. The largest absolute Gasteiger partial charge is 0.490 e. The Morgan fingerprint density at radius 1 is 1.31 bits per heavy atom. The van der Waals surface area contributed by atoms with E-state index < -0.39 is 54.0 Å². The van der Waals surface area contributed by atoms with E-state index in [2.05, 4.69) is 25.0 Å². The summed E-state index contributed by atoms with van der Waals surface area (Å²) < 4.78 is 65.5. The molecule has 29 heavy (non-hydrogen) atoms. The van der Waals surface area contributed by atoms with Gasteiger partial charge in [-0.1, -0.05) is 6.58 Å². The Balaban J connectivity index is 1.99. The lowest BCUT2D eigenvalue weighted by Crippen LogP contribution is -2.48. The Labute approximate surface area is 163 Å². The van der Waals surface area contributed by atoms with Gasteiger partial charge in [0.1, 0.15) is 5.82 Å². The van der Waals surface area contributed by atoms with Gasteiger partial charge in [0.25, 0.3) is 5.91 Å². The van der Waals surface area contributed by atoms with Gasteiger partial charge in [-0.3, -0.25) is 9.32 Å². The number of hydrogen-bond acceptors (Lipinski definition) is 9. The first-order valence-corrected chi connectivity index (χ1v) is 12.1. The summed E-state index contributed by atoms with van der Waals surface area (Å²) in [6, 6.07) is 0. The van der Waals surface area contributed by atoms with E-state index in [1.807, 2.05) is 0 Å². The van der Waals surface area contributed by atoms with Crippen LogP contribution < -0.4 is 5.32 Å². The van der Waals surface area contributed by atoms with Crippen molar-refractivity contribution in [3.8, 4) is 0 Å². The van der Waals surface area contributed by atoms with E-state index >= 15 is 0 Å². The molecule has 18 heteroatoms. The first-order chi connectivity index (χ1) is 13.0. The number of hydrogen-bond donors (Lipinski definition) is 5. The highest BCUT2D eigenvalue weighted by molar-refractivity contribution is 7.66. The number of carbonyl (C=O) groups excluding carboxylic acids is 1. The minimum absolute atomic E-state index is 0.0277. The van der Waals surface area contributed by atoms with Gasteiger partial charge in [-0.25, -0.2) is 18.1 Å². The standard InChI is InChI=1S/C11H18FN2O12P3/c1-7-13-9(15)3-4-14(7)10-11(2,12)5-8(24-10)6-23-28(19,20)26-29(21,22)25-27(16,17)18/h3-4,8,10H,1,5-6H2,2H3,(H,13,15)(H,19,20)(H,21,22)(H2,16,17,18)/t8-,10+,11+/m0/s1. The van der Waals surface area contributed by atoms with Gasteiger partial charge in [0.2, 0.25) is 0 Å². The van der Waals surface area contributed by atoms with Gasteiger partial charge in [0.15, 0.2) is 11.9 Å². The van der Waals surface area contributed by atoms with Crippen molar-refractivity contribution in [1.82, 2.24) is 10.2 Å². The molecule has 0 aromatic heterocycles. The van der Waals surface area contributed by atoms with E-state index in [4.69, 9.17) is 19.4 Å². The summed E-state index contributed by atoms with van der Waals surface area (Å²) in [6.45, 7) is 3.93. The number of nitrogens with zero attached hydrogens (tertiary/aromatic N) is 1. The van der Waals surface area contributed by atoms with Crippen LogP contribution in [0, 0.1) is 0 Å². The third-order valence-electron chi connectivity index (χ3n) is 3.52. The van der Waals surface area contributed by atoms with Crippen LogP contribution in [-0.4, -0.2) is 55.0 Å². The predicted molar refractivity (Wildman–Crippen MR) is 90.9 cm³/mol. The average molecular weight is 482 g/mol. The van der Waals surface area contributed by atoms with Crippen LogP contribution in [-0.2, 0) is 36.4 Å². The van der Waals surface area contributed by atoms with Crippen molar-refractivity contribution in [2.45, 2.75) is 31.3 Å². The minimum atomic E-state index is -5.66. The fourth-order valence-corrected chi connectivity index (χ4v) is 5.61. The van der Waals surface area contributed by atoms with Crippen LogP contribution in [0.25, 0.3) is 0 Å². The van der Waals surface area contributed by atoms with Gasteiger partial charge in [-0.15, -0.1) is 0 Å². The molecule has 0 bridgehead atoms. The molecule has 1 amide bonds. The number of halogens is 1.